The lowest BCUT2D eigenvalue weighted by Crippen LogP contribution is -2.25. The van der Waals surface area contributed by atoms with Crippen LogP contribution in [0.3, 0.4) is 0 Å². The van der Waals surface area contributed by atoms with Gasteiger partial charge in [0.15, 0.2) is 4.80 Å². The number of carbonyl (C=O) groups is 2. The number of benzene rings is 2. The molecule has 0 unspecified atom stereocenters. The predicted octanol–water partition coefficient (Wildman–Crippen LogP) is 3.56. The van der Waals surface area contributed by atoms with Gasteiger partial charge in [0.1, 0.15) is 17.2 Å². The van der Waals surface area contributed by atoms with Crippen LogP contribution in [0, 0.1) is 0 Å². The molecular weight excluding hydrogens is 452 g/mol. The maximum atomic E-state index is 12.9. The highest BCUT2D eigenvalue weighted by Gasteiger charge is 2.17. The average Bonchev–Trinajstić information content (AvgIpc) is 3.20. The summed E-state index contributed by atoms with van der Waals surface area (Å²) in [5.74, 6) is 0.103. The Morgan fingerprint density at radius 3 is 2.56 bits per heavy atom. The van der Waals surface area contributed by atoms with Crippen molar-refractivity contribution < 1.29 is 19.1 Å². The van der Waals surface area contributed by atoms with Gasteiger partial charge in [0, 0.05) is 28.7 Å². The van der Waals surface area contributed by atoms with E-state index in [0.717, 1.165) is 0 Å². The van der Waals surface area contributed by atoms with Gasteiger partial charge in [-0.2, -0.15) is 4.99 Å². The number of carbonyl (C=O) groups excluding carboxylic acids is 2. The second-order valence-electron chi connectivity index (χ2n) is 6.64. The molecule has 0 spiro atoms. The van der Waals surface area contributed by atoms with Crippen LogP contribution in [0.5, 0.6) is 11.5 Å². The molecule has 1 heterocycles. The zero-order chi connectivity index (χ0) is 23.1. The molecule has 0 fully saturated rings. The lowest BCUT2D eigenvalue weighted by atomic mass is 10.2. The first-order valence-corrected chi connectivity index (χ1v) is 11.0. The van der Waals surface area contributed by atoms with Crippen molar-refractivity contribution in [3.63, 3.8) is 0 Å². The predicted molar refractivity (Wildman–Crippen MR) is 125 cm³/mol. The number of nitrogens with one attached hydrogen (secondary N) is 1. The monoisotopic (exact) mass is 474 g/mol. The quantitative estimate of drug-likeness (QED) is 0.519. The Hall–Kier alpha value is -3.14. The van der Waals surface area contributed by atoms with Crippen molar-refractivity contribution in [2.75, 3.05) is 26.1 Å². The number of rotatable bonds is 8. The molecule has 10 heteroatoms. The van der Waals surface area contributed by atoms with E-state index in [2.05, 4.69) is 10.3 Å². The van der Waals surface area contributed by atoms with Crippen molar-refractivity contribution in [3.05, 3.63) is 68.9 Å². The van der Waals surface area contributed by atoms with Crippen LogP contribution in [0.1, 0.15) is 27.3 Å². The first-order chi connectivity index (χ1) is 15.5. The number of hydrogen-bond donors (Lipinski definition) is 2. The molecular formula is C22H23ClN4O4S. The number of nitrogens with zero attached hydrogens (tertiary/aromatic N) is 2. The molecule has 0 aliphatic heterocycles. The Morgan fingerprint density at radius 2 is 1.91 bits per heavy atom. The Morgan fingerprint density at radius 1 is 1.16 bits per heavy atom. The minimum absolute atomic E-state index is 0.291. The number of aromatic nitrogens is 1. The minimum atomic E-state index is -0.488. The van der Waals surface area contributed by atoms with Gasteiger partial charge in [0.25, 0.3) is 11.8 Å². The largest absolute Gasteiger partial charge is 0.497 e. The molecule has 32 heavy (non-hydrogen) atoms. The van der Waals surface area contributed by atoms with Gasteiger partial charge in [-0.25, -0.2) is 0 Å². The van der Waals surface area contributed by atoms with Gasteiger partial charge in [-0.05, 0) is 49.4 Å². The standard InChI is InChI=1S/C22H23ClN4O4S/c1-30-16-8-9-17(19(12-16)31-2)20(28)26-22-27(11-3-10-24)18(13-32-22)21(29)25-15-6-4-14(23)5-7-15/h4-9,12-13H,3,10-11,24H2,1-2H3,(H,25,29). The van der Waals surface area contributed by atoms with Gasteiger partial charge in [0.05, 0.1) is 19.8 Å². The SMILES string of the molecule is COc1ccc(C(=O)N=c2scc(C(=O)Nc3ccc(Cl)cc3)n2CCCN)c(OC)c1. The van der Waals surface area contributed by atoms with Crippen LogP contribution in [0.4, 0.5) is 5.69 Å². The van der Waals surface area contributed by atoms with Crippen LogP contribution >= 0.6 is 22.9 Å². The van der Waals surface area contributed by atoms with Crippen LogP contribution in [-0.4, -0.2) is 37.1 Å². The number of amides is 2. The Balaban J connectivity index is 1.95. The molecule has 2 aromatic carbocycles. The lowest BCUT2D eigenvalue weighted by Gasteiger charge is -2.10. The van der Waals surface area contributed by atoms with Gasteiger partial charge in [-0.3, -0.25) is 9.59 Å². The van der Waals surface area contributed by atoms with Crippen molar-refractivity contribution in [1.29, 1.82) is 0 Å². The average molecular weight is 475 g/mol. The summed E-state index contributed by atoms with van der Waals surface area (Å²) in [4.78, 5) is 30.4. The first kappa shape index (κ1) is 23.5. The van der Waals surface area contributed by atoms with E-state index in [9.17, 15) is 9.59 Å². The fraction of sp³-hybridized carbons (Fsp3) is 0.227. The third kappa shape index (κ3) is 5.56. The molecule has 0 atom stereocenters. The number of methoxy groups -OCH3 is 2. The molecule has 0 bridgehead atoms. The van der Waals surface area contributed by atoms with Gasteiger partial charge in [-0.1, -0.05) is 11.6 Å². The van der Waals surface area contributed by atoms with E-state index in [4.69, 9.17) is 26.8 Å². The van der Waals surface area contributed by atoms with E-state index in [0.29, 0.717) is 57.8 Å². The second-order valence-corrected chi connectivity index (χ2v) is 7.91. The molecule has 3 N–H and O–H groups in total. The fourth-order valence-corrected chi connectivity index (χ4v) is 3.95. The number of hydrogen-bond acceptors (Lipinski definition) is 6. The van der Waals surface area contributed by atoms with Crippen LogP contribution in [-0.2, 0) is 6.54 Å². The summed E-state index contributed by atoms with van der Waals surface area (Å²) in [7, 11) is 3.00. The van der Waals surface area contributed by atoms with Crippen molar-refractivity contribution in [1.82, 2.24) is 4.57 Å². The molecule has 0 aliphatic rings. The van der Waals surface area contributed by atoms with E-state index in [1.165, 1.54) is 25.6 Å². The molecule has 168 valence electrons. The van der Waals surface area contributed by atoms with Crippen LogP contribution in [0.25, 0.3) is 0 Å². The van der Waals surface area contributed by atoms with Gasteiger partial charge >= 0.3 is 0 Å². The maximum absolute atomic E-state index is 12.9. The Kier molecular flexibility index (Phi) is 8.04. The van der Waals surface area contributed by atoms with Gasteiger partial charge < -0.3 is 25.1 Å². The highest BCUT2D eigenvalue weighted by molar-refractivity contribution is 7.07. The molecule has 0 radical (unpaired) electrons. The summed E-state index contributed by atoms with van der Waals surface area (Å²) in [6, 6.07) is 11.7. The number of anilines is 1. The van der Waals surface area contributed by atoms with E-state index >= 15 is 0 Å². The Labute approximate surface area is 194 Å². The molecule has 0 saturated heterocycles. The van der Waals surface area contributed by atoms with Gasteiger partial charge in [-0.15, -0.1) is 11.3 Å². The van der Waals surface area contributed by atoms with E-state index in [-0.39, 0.29) is 5.91 Å². The lowest BCUT2D eigenvalue weighted by molar-refractivity contribution is 0.0987. The third-order valence-corrected chi connectivity index (χ3v) is 5.67. The fourth-order valence-electron chi connectivity index (χ4n) is 2.92. The van der Waals surface area contributed by atoms with E-state index < -0.39 is 5.91 Å². The summed E-state index contributed by atoms with van der Waals surface area (Å²) >= 11 is 7.10. The molecule has 8 nitrogen and oxygen atoms in total. The smallest absolute Gasteiger partial charge is 0.283 e. The zero-order valence-corrected chi connectivity index (χ0v) is 19.2. The molecule has 0 saturated carbocycles. The Bertz CT molecular complexity index is 1170. The molecule has 3 rings (SSSR count). The topological polar surface area (TPSA) is 108 Å². The molecule has 2 amide bonds. The molecule has 1 aromatic heterocycles. The van der Waals surface area contributed by atoms with Crippen molar-refractivity contribution in [2.24, 2.45) is 10.7 Å². The van der Waals surface area contributed by atoms with Crippen LogP contribution in [0.15, 0.2) is 52.8 Å². The van der Waals surface area contributed by atoms with E-state index in [1.54, 1.807) is 52.4 Å². The zero-order valence-electron chi connectivity index (χ0n) is 17.6. The van der Waals surface area contributed by atoms with Gasteiger partial charge in [0.2, 0.25) is 0 Å². The first-order valence-electron chi connectivity index (χ1n) is 9.73. The van der Waals surface area contributed by atoms with Crippen LogP contribution in [0.2, 0.25) is 5.02 Å². The van der Waals surface area contributed by atoms with Crippen molar-refractivity contribution in [2.45, 2.75) is 13.0 Å². The summed E-state index contributed by atoms with van der Waals surface area (Å²) < 4.78 is 12.2. The van der Waals surface area contributed by atoms with E-state index in [1.807, 2.05) is 0 Å². The number of thiazole rings is 1. The van der Waals surface area contributed by atoms with Crippen molar-refractivity contribution >= 4 is 40.4 Å². The molecule has 3 aromatic rings. The third-order valence-electron chi connectivity index (χ3n) is 4.55. The normalized spacial score (nSPS) is 11.3. The van der Waals surface area contributed by atoms with Crippen LogP contribution < -0.4 is 25.3 Å². The molecule has 0 aliphatic carbocycles. The minimum Gasteiger partial charge on any atom is -0.497 e. The summed E-state index contributed by atoms with van der Waals surface area (Å²) in [5.41, 5.74) is 6.94. The highest BCUT2D eigenvalue weighted by atomic mass is 35.5. The number of halogens is 1. The van der Waals surface area contributed by atoms with Crippen molar-refractivity contribution in [3.8, 4) is 11.5 Å². The number of nitrogens with two attached hydrogens (primary N) is 1. The summed E-state index contributed by atoms with van der Waals surface area (Å²) in [5, 5.41) is 5.07. The second kappa shape index (κ2) is 10.9. The summed E-state index contributed by atoms with van der Waals surface area (Å²) in [6.45, 7) is 0.871. The summed E-state index contributed by atoms with van der Waals surface area (Å²) in [6.07, 6.45) is 0.616. The number of ether oxygens (including phenoxy) is 2. The highest BCUT2D eigenvalue weighted by Crippen LogP contribution is 2.25. The maximum Gasteiger partial charge on any atom is 0.283 e.